The van der Waals surface area contributed by atoms with Crippen LogP contribution in [0.4, 0.5) is 5.82 Å². The number of thiophene rings is 1. The van der Waals surface area contributed by atoms with E-state index < -0.39 is 0 Å². The zero-order valence-electron chi connectivity index (χ0n) is 11.1. The van der Waals surface area contributed by atoms with Crippen LogP contribution < -0.4 is 5.32 Å². The molecule has 1 atom stereocenters. The molecular weight excluding hydrogens is 290 g/mol. The Labute approximate surface area is 127 Å². The van der Waals surface area contributed by atoms with Crippen LogP contribution in [0.1, 0.15) is 41.1 Å². The van der Waals surface area contributed by atoms with E-state index in [9.17, 15) is 5.26 Å². The fourth-order valence-corrected chi connectivity index (χ4v) is 3.57. The number of nitrogens with one attached hydrogen (secondary N) is 1. The first-order valence-corrected chi connectivity index (χ1v) is 7.81. The molecule has 1 aliphatic rings. The number of pyridine rings is 1. The number of fused-ring (bicyclic) bond motifs is 1. The number of nitrogens with zero attached hydrogens (tertiary/aromatic N) is 2. The van der Waals surface area contributed by atoms with Gasteiger partial charge in [-0.15, -0.1) is 11.3 Å². The monoisotopic (exact) mass is 303 g/mol. The van der Waals surface area contributed by atoms with Crippen molar-refractivity contribution >= 4 is 28.8 Å². The van der Waals surface area contributed by atoms with Gasteiger partial charge in [0.1, 0.15) is 11.9 Å². The number of rotatable bonds is 3. The fraction of sp³-hybridized carbons (Fsp3) is 0.333. The van der Waals surface area contributed by atoms with E-state index in [-0.39, 0.29) is 6.04 Å². The number of nitriles is 1. The van der Waals surface area contributed by atoms with Crippen molar-refractivity contribution in [1.29, 1.82) is 5.26 Å². The fourth-order valence-electron chi connectivity index (χ4n) is 2.50. The Morgan fingerprint density at radius 1 is 1.45 bits per heavy atom. The summed E-state index contributed by atoms with van der Waals surface area (Å²) in [4.78, 5) is 5.77. The van der Waals surface area contributed by atoms with Crippen molar-refractivity contribution in [3.63, 3.8) is 0 Å². The molecule has 2 heterocycles. The normalized spacial score (nSPS) is 14.7. The van der Waals surface area contributed by atoms with Crippen LogP contribution in [-0.2, 0) is 12.8 Å². The Morgan fingerprint density at radius 3 is 3.00 bits per heavy atom. The summed E-state index contributed by atoms with van der Waals surface area (Å²) in [6, 6.07) is 8.20. The molecular formula is C15H14ClN3S. The van der Waals surface area contributed by atoms with Gasteiger partial charge in [-0.25, -0.2) is 4.98 Å². The van der Waals surface area contributed by atoms with Gasteiger partial charge in [0, 0.05) is 10.6 Å². The molecule has 0 radical (unpaired) electrons. The Balaban J connectivity index is 1.89. The summed E-state index contributed by atoms with van der Waals surface area (Å²) in [5.41, 5.74) is 2.97. The van der Waals surface area contributed by atoms with Gasteiger partial charge in [-0.1, -0.05) is 11.6 Å². The van der Waals surface area contributed by atoms with Gasteiger partial charge in [0.25, 0.3) is 0 Å². The largest absolute Gasteiger partial charge is 0.362 e. The molecule has 0 aliphatic heterocycles. The van der Waals surface area contributed by atoms with E-state index in [0.29, 0.717) is 11.4 Å². The molecule has 5 heteroatoms. The molecule has 0 bridgehead atoms. The van der Waals surface area contributed by atoms with Crippen molar-refractivity contribution in [1.82, 2.24) is 4.98 Å². The van der Waals surface area contributed by atoms with E-state index in [1.165, 1.54) is 5.56 Å². The lowest BCUT2D eigenvalue weighted by Gasteiger charge is -2.15. The topological polar surface area (TPSA) is 48.7 Å². The molecule has 102 valence electrons. The molecule has 1 aliphatic carbocycles. The molecule has 0 fully saturated rings. The van der Waals surface area contributed by atoms with Gasteiger partial charge in [-0.2, -0.15) is 5.26 Å². The van der Waals surface area contributed by atoms with Crippen molar-refractivity contribution < 1.29 is 0 Å². The van der Waals surface area contributed by atoms with Gasteiger partial charge in [0.15, 0.2) is 0 Å². The third kappa shape index (κ3) is 2.52. The summed E-state index contributed by atoms with van der Waals surface area (Å²) < 4.78 is 0.774. The molecule has 0 amide bonds. The van der Waals surface area contributed by atoms with Crippen LogP contribution in [0.5, 0.6) is 0 Å². The molecule has 0 spiro atoms. The van der Waals surface area contributed by atoms with Gasteiger partial charge in [0.05, 0.1) is 15.9 Å². The maximum Gasteiger partial charge on any atom is 0.144 e. The molecule has 1 N–H and O–H groups in total. The highest BCUT2D eigenvalue weighted by atomic mass is 35.5. The minimum Gasteiger partial charge on any atom is -0.362 e. The number of hydrogen-bond donors (Lipinski definition) is 1. The van der Waals surface area contributed by atoms with Crippen molar-refractivity contribution in [2.45, 2.75) is 32.2 Å². The second kappa shape index (κ2) is 5.43. The predicted octanol–water partition coefficient (Wildman–Crippen LogP) is 4.33. The van der Waals surface area contributed by atoms with E-state index in [0.717, 1.165) is 34.2 Å². The Bertz CT molecular complexity index is 687. The number of hydrogen-bond acceptors (Lipinski definition) is 4. The number of halogens is 1. The molecule has 1 unspecified atom stereocenters. The highest BCUT2D eigenvalue weighted by molar-refractivity contribution is 7.16. The summed E-state index contributed by atoms with van der Waals surface area (Å²) in [5, 5.41) is 12.6. The summed E-state index contributed by atoms with van der Waals surface area (Å²) in [6.07, 6.45) is 3.18. The average Bonchev–Trinajstić information content (AvgIpc) is 3.05. The summed E-state index contributed by atoms with van der Waals surface area (Å²) in [6.45, 7) is 2.05. The first kappa shape index (κ1) is 13.4. The average molecular weight is 304 g/mol. The maximum absolute atomic E-state index is 9.29. The molecule has 0 saturated carbocycles. The third-order valence-electron chi connectivity index (χ3n) is 3.55. The van der Waals surface area contributed by atoms with Crippen LogP contribution in [0.25, 0.3) is 0 Å². The molecule has 20 heavy (non-hydrogen) atoms. The number of aryl methyl sites for hydroxylation is 2. The van der Waals surface area contributed by atoms with E-state index in [1.807, 2.05) is 18.2 Å². The molecule has 0 saturated heterocycles. The zero-order valence-corrected chi connectivity index (χ0v) is 12.7. The number of aromatic nitrogens is 1. The van der Waals surface area contributed by atoms with E-state index in [1.54, 1.807) is 11.3 Å². The lowest BCUT2D eigenvalue weighted by molar-refractivity contribution is 0.880. The smallest absolute Gasteiger partial charge is 0.144 e. The first-order chi connectivity index (χ1) is 9.67. The molecule has 3 rings (SSSR count). The Hall–Kier alpha value is -1.57. The maximum atomic E-state index is 9.29. The van der Waals surface area contributed by atoms with Crippen LogP contribution in [0.2, 0.25) is 4.34 Å². The minimum atomic E-state index is 0.0894. The Kier molecular flexibility index (Phi) is 3.64. The van der Waals surface area contributed by atoms with Crippen LogP contribution in [0.3, 0.4) is 0 Å². The standard InChI is InChI=1S/C15H14ClN3S/c1-9(13-5-6-14(16)20-13)18-15-11(8-17)7-10-3-2-4-12(10)19-15/h5-7,9H,2-4H2,1H3,(H,18,19). The SMILES string of the molecule is CC(Nc1nc2c(cc1C#N)CCC2)c1ccc(Cl)s1. The molecule has 2 aromatic rings. The quantitative estimate of drug-likeness (QED) is 0.918. The summed E-state index contributed by atoms with van der Waals surface area (Å²) >= 11 is 7.51. The van der Waals surface area contributed by atoms with Gasteiger partial charge in [0.2, 0.25) is 0 Å². The highest BCUT2D eigenvalue weighted by Crippen LogP contribution is 2.31. The van der Waals surface area contributed by atoms with Crippen LogP contribution in [0, 0.1) is 11.3 Å². The molecule has 0 aromatic carbocycles. The van der Waals surface area contributed by atoms with E-state index >= 15 is 0 Å². The number of anilines is 1. The van der Waals surface area contributed by atoms with E-state index in [2.05, 4.69) is 23.3 Å². The van der Waals surface area contributed by atoms with Crippen molar-refractivity contribution in [2.24, 2.45) is 0 Å². The predicted molar refractivity (Wildman–Crippen MR) is 82.3 cm³/mol. The molecule has 2 aromatic heterocycles. The van der Waals surface area contributed by atoms with Crippen LogP contribution in [-0.4, -0.2) is 4.98 Å². The zero-order chi connectivity index (χ0) is 14.1. The second-order valence-electron chi connectivity index (χ2n) is 4.96. The van der Waals surface area contributed by atoms with Crippen molar-refractivity contribution in [3.05, 3.63) is 44.2 Å². The summed E-state index contributed by atoms with van der Waals surface area (Å²) in [5.74, 6) is 0.685. The van der Waals surface area contributed by atoms with Crippen LogP contribution >= 0.6 is 22.9 Å². The van der Waals surface area contributed by atoms with Crippen molar-refractivity contribution in [3.8, 4) is 6.07 Å². The highest BCUT2D eigenvalue weighted by Gasteiger charge is 2.18. The molecule has 3 nitrogen and oxygen atoms in total. The van der Waals surface area contributed by atoms with Gasteiger partial charge in [-0.3, -0.25) is 0 Å². The van der Waals surface area contributed by atoms with Gasteiger partial charge in [-0.05, 0) is 49.9 Å². The third-order valence-corrected chi connectivity index (χ3v) is 4.96. The van der Waals surface area contributed by atoms with Gasteiger partial charge < -0.3 is 5.32 Å². The van der Waals surface area contributed by atoms with Crippen molar-refractivity contribution in [2.75, 3.05) is 5.32 Å². The van der Waals surface area contributed by atoms with Gasteiger partial charge >= 0.3 is 0 Å². The minimum absolute atomic E-state index is 0.0894. The van der Waals surface area contributed by atoms with Crippen LogP contribution in [0.15, 0.2) is 18.2 Å². The lowest BCUT2D eigenvalue weighted by atomic mass is 10.1. The lowest BCUT2D eigenvalue weighted by Crippen LogP contribution is -2.09. The van der Waals surface area contributed by atoms with E-state index in [4.69, 9.17) is 11.6 Å². The summed E-state index contributed by atoms with van der Waals surface area (Å²) in [7, 11) is 0. The Morgan fingerprint density at radius 2 is 2.30 bits per heavy atom. The second-order valence-corrected chi connectivity index (χ2v) is 6.71. The first-order valence-electron chi connectivity index (χ1n) is 6.62.